The van der Waals surface area contributed by atoms with E-state index in [-0.39, 0.29) is 19.1 Å². The highest BCUT2D eigenvalue weighted by Gasteiger charge is 2.27. The molecular weight excluding hydrogens is 502 g/mol. The summed E-state index contributed by atoms with van der Waals surface area (Å²) in [6.45, 7) is 3.66. The van der Waals surface area contributed by atoms with Crippen LogP contribution in [0, 0.1) is 0 Å². The van der Waals surface area contributed by atoms with Gasteiger partial charge in [-0.05, 0) is 44.2 Å². The molecule has 0 aliphatic carbocycles. The zero-order chi connectivity index (χ0) is 21.6. The van der Waals surface area contributed by atoms with Crippen molar-refractivity contribution in [2.45, 2.75) is 26.4 Å². The van der Waals surface area contributed by atoms with Crippen LogP contribution in [0.15, 0.2) is 40.9 Å². The third kappa shape index (κ3) is 6.51. The number of nitrogens with zero attached hydrogens (tertiary/aromatic N) is 1. The normalized spacial score (nSPS) is 11.7. The number of benzene rings is 2. The first kappa shape index (κ1) is 23.8. The maximum Gasteiger partial charge on any atom is 0.261 e. The van der Waals surface area contributed by atoms with Gasteiger partial charge in [-0.25, -0.2) is 0 Å². The number of nitrogens with one attached hydrogen (secondary N) is 1. The molecule has 0 aromatic heterocycles. The van der Waals surface area contributed by atoms with Crippen LogP contribution in [0.4, 0.5) is 0 Å². The van der Waals surface area contributed by atoms with Gasteiger partial charge in [0.1, 0.15) is 11.8 Å². The number of hydrogen-bond acceptors (Lipinski definition) is 3. The van der Waals surface area contributed by atoms with Gasteiger partial charge in [0.2, 0.25) is 5.91 Å². The number of carbonyl (C=O) groups excluding carboxylic acids is 2. The highest BCUT2D eigenvalue weighted by atomic mass is 79.9. The highest BCUT2D eigenvalue weighted by Crippen LogP contribution is 2.29. The smallest absolute Gasteiger partial charge is 0.261 e. The average molecular weight is 523 g/mol. The number of likely N-dealkylation sites (N-methyl/N-ethyl adjacent to an activating group) is 1. The van der Waals surface area contributed by atoms with Gasteiger partial charge in [0.15, 0.2) is 6.61 Å². The number of hydrogen-bond donors (Lipinski definition) is 1. The van der Waals surface area contributed by atoms with Crippen LogP contribution in [0.1, 0.15) is 19.4 Å². The molecule has 2 amide bonds. The SMILES string of the molecule is CCNC(=O)C(C)N(Cc1c(Cl)cccc1Cl)C(=O)COc1ccc(Br)cc1Cl. The van der Waals surface area contributed by atoms with Crippen LogP contribution in [0.5, 0.6) is 5.75 Å². The third-order valence-electron chi connectivity index (χ3n) is 4.15. The van der Waals surface area contributed by atoms with Crippen molar-refractivity contribution in [1.29, 1.82) is 0 Å². The minimum Gasteiger partial charge on any atom is -0.482 e. The molecule has 0 saturated heterocycles. The molecule has 1 atom stereocenters. The summed E-state index contributed by atoms with van der Waals surface area (Å²) in [4.78, 5) is 26.7. The number of carbonyl (C=O) groups is 2. The lowest BCUT2D eigenvalue weighted by Gasteiger charge is -2.29. The van der Waals surface area contributed by atoms with Gasteiger partial charge in [0.05, 0.1) is 5.02 Å². The minimum absolute atomic E-state index is 0.0626. The first-order chi connectivity index (χ1) is 13.7. The fourth-order valence-corrected chi connectivity index (χ4v) is 3.82. The first-order valence-corrected chi connectivity index (χ1v) is 10.7. The molecule has 0 spiro atoms. The Hall–Kier alpha value is -1.47. The van der Waals surface area contributed by atoms with E-state index < -0.39 is 11.9 Å². The predicted molar refractivity (Wildman–Crippen MR) is 120 cm³/mol. The Labute approximate surface area is 193 Å². The van der Waals surface area contributed by atoms with E-state index >= 15 is 0 Å². The van der Waals surface area contributed by atoms with E-state index in [0.717, 1.165) is 4.47 Å². The van der Waals surface area contributed by atoms with E-state index in [1.54, 1.807) is 50.2 Å². The molecule has 1 unspecified atom stereocenters. The van der Waals surface area contributed by atoms with E-state index in [0.29, 0.717) is 32.9 Å². The Morgan fingerprint density at radius 3 is 2.38 bits per heavy atom. The second-order valence-corrected chi connectivity index (χ2v) is 8.29. The van der Waals surface area contributed by atoms with Crippen molar-refractivity contribution in [3.8, 4) is 5.75 Å². The van der Waals surface area contributed by atoms with Crippen LogP contribution in [0.3, 0.4) is 0 Å². The number of rotatable bonds is 8. The summed E-state index contributed by atoms with van der Waals surface area (Å²) in [5.41, 5.74) is 0.557. The summed E-state index contributed by atoms with van der Waals surface area (Å²) in [6.07, 6.45) is 0. The molecule has 2 rings (SSSR count). The van der Waals surface area contributed by atoms with Gasteiger partial charge < -0.3 is 15.0 Å². The lowest BCUT2D eigenvalue weighted by atomic mass is 10.1. The summed E-state index contributed by atoms with van der Waals surface area (Å²) >= 11 is 22.0. The molecule has 0 saturated carbocycles. The quantitative estimate of drug-likeness (QED) is 0.509. The fourth-order valence-electron chi connectivity index (χ4n) is 2.57. The monoisotopic (exact) mass is 520 g/mol. The van der Waals surface area contributed by atoms with Gasteiger partial charge in [-0.15, -0.1) is 0 Å². The Morgan fingerprint density at radius 2 is 1.79 bits per heavy atom. The lowest BCUT2D eigenvalue weighted by Crippen LogP contribution is -2.49. The Balaban J connectivity index is 2.23. The molecule has 0 aliphatic rings. The molecule has 0 fully saturated rings. The van der Waals surface area contributed by atoms with Crippen LogP contribution in [0.25, 0.3) is 0 Å². The topological polar surface area (TPSA) is 58.6 Å². The third-order valence-corrected chi connectivity index (χ3v) is 5.65. The molecule has 2 aromatic rings. The van der Waals surface area contributed by atoms with Gasteiger partial charge in [0, 0.05) is 33.2 Å². The van der Waals surface area contributed by atoms with Crippen molar-refractivity contribution in [3.63, 3.8) is 0 Å². The van der Waals surface area contributed by atoms with Crippen LogP contribution >= 0.6 is 50.7 Å². The van der Waals surface area contributed by atoms with E-state index in [4.69, 9.17) is 39.5 Å². The van der Waals surface area contributed by atoms with Crippen LogP contribution in [0.2, 0.25) is 15.1 Å². The van der Waals surface area contributed by atoms with E-state index in [2.05, 4.69) is 21.2 Å². The second kappa shape index (κ2) is 11.1. The van der Waals surface area contributed by atoms with Gasteiger partial charge in [-0.3, -0.25) is 9.59 Å². The van der Waals surface area contributed by atoms with Gasteiger partial charge in [0.25, 0.3) is 5.91 Å². The average Bonchev–Trinajstić information content (AvgIpc) is 2.66. The van der Waals surface area contributed by atoms with Crippen LogP contribution in [-0.2, 0) is 16.1 Å². The minimum atomic E-state index is -0.751. The van der Waals surface area contributed by atoms with Crippen molar-refractivity contribution >= 4 is 62.5 Å². The van der Waals surface area contributed by atoms with Crippen molar-refractivity contribution in [2.24, 2.45) is 0 Å². The van der Waals surface area contributed by atoms with E-state index in [1.807, 2.05) is 0 Å². The molecule has 0 aliphatic heterocycles. The van der Waals surface area contributed by atoms with Crippen molar-refractivity contribution in [2.75, 3.05) is 13.2 Å². The molecule has 9 heteroatoms. The summed E-state index contributed by atoms with van der Waals surface area (Å²) < 4.78 is 6.37. The van der Waals surface area contributed by atoms with Crippen molar-refractivity contribution in [3.05, 3.63) is 61.5 Å². The van der Waals surface area contributed by atoms with Gasteiger partial charge in [-0.1, -0.05) is 56.8 Å². The molecule has 0 heterocycles. The first-order valence-electron chi connectivity index (χ1n) is 8.82. The molecule has 1 N–H and O–H groups in total. The second-order valence-electron chi connectivity index (χ2n) is 6.16. The molecule has 156 valence electrons. The highest BCUT2D eigenvalue weighted by molar-refractivity contribution is 9.10. The largest absolute Gasteiger partial charge is 0.482 e. The maximum absolute atomic E-state index is 13.0. The number of ether oxygens (including phenoxy) is 1. The Bertz CT molecular complexity index is 875. The maximum atomic E-state index is 13.0. The molecule has 5 nitrogen and oxygen atoms in total. The zero-order valence-electron chi connectivity index (χ0n) is 15.8. The molecular formula is C20H20BrCl3N2O3. The van der Waals surface area contributed by atoms with E-state index in [9.17, 15) is 9.59 Å². The van der Waals surface area contributed by atoms with E-state index in [1.165, 1.54) is 4.90 Å². The van der Waals surface area contributed by atoms with Gasteiger partial charge >= 0.3 is 0 Å². The zero-order valence-corrected chi connectivity index (χ0v) is 19.7. The van der Waals surface area contributed by atoms with Crippen molar-refractivity contribution in [1.82, 2.24) is 10.2 Å². The fraction of sp³-hybridized carbons (Fsp3) is 0.300. The van der Waals surface area contributed by atoms with Crippen LogP contribution in [-0.4, -0.2) is 35.9 Å². The molecule has 0 bridgehead atoms. The Kier molecular flexibility index (Phi) is 9.08. The molecule has 2 aromatic carbocycles. The lowest BCUT2D eigenvalue weighted by molar-refractivity contribution is -0.142. The predicted octanol–water partition coefficient (Wildman–Crippen LogP) is 5.34. The summed E-state index contributed by atoms with van der Waals surface area (Å²) in [5.74, 6) is -0.325. The Morgan fingerprint density at radius 1 is 1.14 bits per heavy atom. The number of halogens is 4. The van der Waals surface area contributed by atoms with Crippen LogP contribution < -0.4 is 10.1 Å². The summed E-state index contributed by atoms with van der Waals surface area (Å²) in [5, 5.41) is 3.91. The standard InChI is InChI=1S/C20H20BrCl3N2O3/c1-3-25-20(28)12(2)26(10-14-15(22)5-4-6-16(14)23)19(27)11-29-18-8-7-13(21)9-17(18)24/h4-9,12H,3,10-11H2,1-2H3,(H,25,28). The molecule has 29 heavy (non-hydrogen) atoms. The summed E-state index contributed by atoms with van der Waals surface area (Å²) in [6, 6.07) is 9.40. The molecule has 0 radical (unpaired) electrons. The summed E-state index contributed by atoms with van der Waals surface area (Å²) in [7, 11) is 0. The van der Waals surface area contributed by atoms with Gasteiger partial charge in [-0.2, -0.15) is 0 Å². The van der Waals surface area contributed by atoms with Crippen molar-refractivity contribution < 1.29 is 14.3 Å². The number of amides is 2.